The lowest BCUT2D eigenvalue weighted by Crippen LogP contribution is -2.38. The van der Waals surface area contributed by atoms with Crippen molar-refractivity contribution in [2.75, 3.05) is 24.6 Å². The summed E-state index contributed by atoms with van der Waals surface area (Å²) in [6.45, 7) is 1.86. The van der Waals surface area contributed by atoms with Gasteiger partial charge < -0.3 is 9.64 Å². The topological polar surface area (TPSA) is 55.3 Å². The number of anilines is 1. The van der Waals surface area contributed by atoms with Crippen molar-refractivity contribution in [1.29, 1.82) is 0 Å². The SMILES string of the molecule is O=Cc1ccc(OCC2CCCN(c3ccc(C(F)(F)F)nn3)C2)cc1. The lowest BCUT2D eigenvalue weighted by atomic mass is 9.99. The first kappa shape index (κ1) is 18.2. The number of carbonyl (C=O) groups excluding carboxylic acids is 1. The summed E-state index contributed by atoms with van der Waals surface area (Å²) in [6, 6.07) is 9.17. The number of aldehydes is 1. The molecule has 1 unspecified atom stereocenters. The van der Waals surface area contributed by atoms with Gasteiger partial charge in [0.2, 0.25) is 0 Å². The summed E-state index contributed by atoms with van der Waals surface area (Å²) in [5.74, 6) is 1.36. The molecule has 5 nitrogen and oxygen atoms in total. The van der Waals surface area contributed by atoms with E-state index in [9.17, 15) is 18.0 Å². The quantitative estimate of drug-likeness (QED) is 0.758. The highest BCUT2D eigenvalue weighted by Gasteiger charge is 2.33. The molecule has 1 atom stereocenters. The molecule has 0 spiro atoms. The largest absolute Gasteiger partial charge is 0.493 e. The van der Waals surface area contributed by atoms with Crippen molar-refractivity contribution in [1.82, 2.24) is 10.2 Å². The van der Waals surface area contributed by atoms with E-state index >= 15 is 0 Å². The number of ether oxygens (including phenoxy) is 1. The van der Waals surface area contributed by atoms with E-state index in [4.69, 9.17) is 4.74 Å². The van der Waals surface area contributed by atoms with E-state index in [1.54, 1.807) is 24.3 Å². The van der Waals surface area contributed by atoms with Crippen LogP contribution in [0.1, 0.15) is 28.9 Å². The Morgan fingerprint density at radius 3 is 2.54 bits per heavy atom. The fourth-order valence-electron chi connectivity index (χ4n) is 2.91. The molecule has 1 aromatic heterocycles. The Labute approximate surface area is 148 Å². The Balaban J connectivity index is 1.57. The van der Waals surface area contributed by atoms with Gasteiger partial charge >= 0.3 is 6.18 Å². The van der Waals surface area contributed by atoms with Gasteiger partial charge in [-0.2, -0.15) is 13.2 Å². The van der Waals surface area contributed by atoms with E-state index in [0.29, 0.717) is 30.3 Å². The maximum absolute atomic E-state index is 12.6. The number of aromatic nitrogens is 2. The van der Waals surface area contributed by atoms with E-state index < -0.39 is 11.9 Å². The molecule has 138 valence electrons. The molecule has 8 heteroatoms. The number of hydrogen-bond donors (Lipinski definition) is 0. The molecule has 1 fully saturated rings. The van der Waals surface area contributed by atoms with Gasteiger partial charge in [-0.15, -0.1) is 10.2 Å². The van der Waals surface area contributed by atoms with E-state index in [2.05, 4.69) is 10.2 Å². The van der Waals surface area contributed by atoms with Crippen molar-refractivity contribution in [2.24, 2.45) is 5.92 Å². The van der Waals surface area contributed by atoms with Crippen LogP contribution in [-0.2, 0) is 6.18 Å². The number of rotatable bonds is 5. The minimum Gasteiger partial charge on any atom is -0.493 e. The minimum absolute atomic E-state index is 0.235. The van der Waals surface area contributed by atoms with E-state index in [1.165, 1.54) is 6.07 Å². The standard InChI is InChI=1S/C18H18F3N3O2/c19-18(20,21)16-7-8-17(23-22-16)24-9-1-2-14(10-24)12-26-15-5-3-13(11-25)4-6-15/h3-8,11,14H,1-2,9-10,12H2. The van der Waals surface area contributed by atoms with Gasteiger partial charge in [-0.1, -0.05) is 0 Å². The van der Waals surface area contributed by atoms with E-state index in [0.717, 1.165) is 31.7 Å². The van der Waals surface area contributed by atoms with Crippen LogP contribution in [0.2, 0.25) is 0 Å². The van der Waals surface area contributed by atoms with Crippen LogP contribution >= 0.6 is 0 Å². The summed E-state index contributed by atoms with van der Waals surface area (Å²) in [4.78, 5) is 12.6. The third-order valence-corrected chi connectivity index (χ3v) is 4.29. The summed E-state index contributed by atoms with van der Waals surface area (Å²) in [5, 5.41) is 7.01. The predicted molar refractivity (Wildman–Crippen MR) is 89.3 cm³/mol. The predicted octanol–water partition coefficient (Wildman–Crippen LogP) is 3.60. The zero-order valence-corrected chi connectivity index (χ0v) is 13.9. The van der Waals surface area contributed by atoms with Gasteiger partial charge in [0.15, 0.2) is 11.5 Å². The maximum Gasteiger partial charge on any atom is 0.435 e. The fourth-order valence-corrected chi connectivity index (χ4v) is 2.91. The average Bonchev–Trinajstić information content (AvgIpc) is 2.66. The number of benzene rings is 1. The molecule has 0 N–H and O–H groups in total. The molecule has 0 amide bonds. The number of hydrogen-bond acceptors (Lipinski definition) is 5. The fraction of sp³-hybridized carbons (Fsp3) is 0.389. The lowest BCUT2D eigenvalue weighted by molar-refractivity contribution is -0.141. The van der Waals surface area contributed by atoms with Gasteiger partial charge in [0.25, 0.3) is 0 Å². The van der Waals surface area contributed by atoms with Crippen LogP contribution < -0.4 is 9.64 Å². The zero-order valence-electron chi connectivity index (χ0n) is 13.9. The molecule has 0 aliphatic carbocycles. The number of nitrogens with zero attached hydrogens (tertiary/aromatic N) is 3. The normalized spacial score (nSPS) is 17.8. The molecule has 1 aromatic carbocycles. The summed E-state index contributed by atoms with van der Waals surface area (Å²) in [5.41, 5.74) is -0.404. The van der Waals surface area contributed by atoms with Crippen LogP contribution in [0.25, 0.3) is 0 Å². The molecule has 0 saturated carbocycles. The second-order valence-electron chi connectivity index (χ2n) is 6.23. The molecule has 3 rings (SSSR count). The Hall–Kier alpha value is -2.64. The Kier molecular flexibility index (Phi) is 5.39. The number of carbonyl (C=O) groups is 1. The van der Waals surface area contributed by atoms with Gasteiger partial charge in [0, 0.05) is 24.6 Å². The van der Waals surface area contributed by atoms with E-state index in [-0.39, 0.29) is 5.92 Å². The molecule has 26 heavy (non-hydrogen) atoms. The minimum atomic E-state index is -4.48. The van der Waals surface area contributed by atoms with Gasteiger partial charge in [0.1, 0.15) is 12.0 Å². The summed E-state index contributed by atoms with van der Waals surface area (Å²) < 4.78 is 43.5. The molecule has 0 radical (unpaired) electrons. The Bertz CT molecular complexity index is 733. The van der Waals surface area contributed by atoms with Gasteiger partial charge in [-0.25, -0.2) is 0 Å². The first-order valence-corrected chi connectivity index (χ1v) is 8.29. The van der Waals surface area contributed by atoms with Crippen molar-refractivity contribution < 1.29 is 22.7 Å². The van der Waals surface area contributed by atoms with Crippen LogP contribution in [-0.4, -0.2) is 36.2 Å². The zero-order chi connectivity index (χ0) is 18.6. The van der Waals surface area contributed by atoms with Gasteiger partial charge in [-0.3, -0.25) is 4.79 Å². The summed E-state index contributed by atoms with van der Waals surface area (Å²) in [7, 11) is 0. The Morgan fingerprint density at radius 1 is 1.15 bits per heavy atom. The highest BCUT2D eigenvalue weighted by Crippen LogP contribution is 2.28. The van der Waals surface area contributed by atoms with Crippen LogP contribution in [0, 0.1) is 5.92 Å². The lowest BCUT2D eigenvalue weighted by Gasteiger charge is -2.33. The smallest absolute Gasteiger partial charge is 0.435 e. The van der Waals surface area contributed by atoms with Crippen LogP contribution in [0.3, 0.4) is 0 Å². The number of alkyl halides is 3. The third-order valence-electron chi connectivity index (χ3n) is 4.29. The molecular weight excluding hydrogens is 347 g/mol. The maximum atomic E-state index is 12.6. The molecule has 1 saturated heterocycles. The molecule has 1 aliphatic heterocycles. The van der Waals surface area contributed by atoms with Gasteiger partial charge in [-0.05, 0) is 49.2 Å². The second kappa shape index (κ2) is 7.72. The average molecular weight is 365 g/mol. The highest BCUT2D eigenvalue weighted by molar-refractivity contribution is 5.74. The van der Waals surface area contributed by atoms with Crippen LogP contribution in [0.5, 0.6) is 5.75 Å². The Morgan fingerprint density at radius 2 is 1.92 bits per heavy atom. The summed E-state index contributed by atoms with van der Waals surface area (Å²) in [6.07, 6.45) is -1.84. The molecule has 2 heterocycles. The van der Waals surface area contributed by atoms with Crippen molar-refractivity contribution in [3.05, 3.63) is 47.7 Å². The van der Waals surface area contributed by atoms with Gasteiger partial charge in [0.05, 0.1) is 6.61 Å². The molecule has 1 aliphatic rings. The summed E-state index contributed by atoms with van der Waals surface area (Å²) >= 11 is 0. The van der Waals surface area contributed by atoms with Crippen molar-refractivity contribution >= 4 is 12.1 Å². The highest BCUT2D eigenvalue weighted by atomic mass is 19.4. The van der Waals surface area contributed by atoms with Crippen LogP contribution in [0.15, 0.2) is 36.4 Å². The van der Waals surface area contributed by atoms with Crippen molar-refractivity contribution in [2.45, 2.75) is 19.0 Å². The first-order chi connectivity index (χ1) is 12.5. The number of halogens is 3. The second-order valence-corrected chi connectivity index (χ2v) is 6.23. The van der Waals surface area contributed by atoms with Crippen molar-refractivity contribution in [3.63, 3.8) is 0 Å². The first-order valence-electron chi connectivity index (χ1n) is 8.29. The number of piperidine rings is 1. The molecular formula is C18H18F3N3O2. The van der Waals surface area contributed by atoms with Crippen LogP contribution in [0.4, 0.5) is 19.0 Å². The third kappa shape index (κ3) is 4.50. The monoisotopic (exact) mass is 365 g/mol. The van der Waals surface area contributed by atoms with Crippen molar-refractivity contribution in [3.8, 4) is 5.75 Å². The van der Waals surface area contributed by atoms with E-state index in [1.807, 2.05) is 4.90 Å². The molecule has 0 bridgehead atoms. The molecule has 2 aromatic rings.